The minimum absolute atomic E-state index is 0.136. The maximum Gasteiger partial charge on any atom is 0.252 e. The van der Waals surface area contributed by atoms with Crippen molar-refractivity contribution in [1.82, 2.24) is 14.7 Å². The molecule has 5 nitrogen and oxygen atoms in total. The molecule has 0 saturated carbocycles. The lowest BCUT2D eigenvalue weighted by molar-refractivity contribution is 0.0960. The summed E-state index contributed by atoms with van der Waals surface area (Å²) in [5, 5.41) is 2.62. The molecule has 3 N–H and O–H groups in total. The van der Waals surface area contributed by atoms with Crippen LogP contribution >= 0.6 is 23.3 Å². The van der Waals surface area contributed by atoms with Gasteiger partial charge in [-0.25, -0.2) is 4.98 Å². The maximum absolute atomic E-state index is 11.8. The number of carbonyl (C=O) groups excluding carboxylic acids is 1. The van der Waals surface area contributed by atoms with Crippen molar-refractivity contribution in [3.63, 3.8) is 0 Å². The molecule has 0 fully saturated rings. The molecule has 100 valence electrons. The van der Waals surface area contributed by atoms with Crippen LogP contribution in [0.4, 0.5) is 5.69 Å². The number of rotatable bonds is 4. The molecule has 0 bridgehead atoms. The zero-order chi connectivity index (χ0) is 13.8. The fraction of sp³-hybridized carbons (Fsp3) is 0.250. The Labute approximate surface area is 119 Å². The predicted molar refractivity (Wildman–Crippen MR) is 77.7 cm³/mol. The number of aromatic nitrogens is 2. The van der Waals surface area contributed by atoms with Gasteiger partial charge < -0.3 is 11.1 Å². The van der Waals surface area contributed by atoms with Crippen LogP contribution in [0, 0.1) is 0 Å². The number of anilines is 1. The number of nitrogens with one attached hydrogen (secondary N) is 1. The number of aryl methyl sites for hydroxylation is 1. The largest absolute Gasteiger partial charge is 0.399 e. The number of nitrogens with zero attached hydrogens (tertiary/aromatic N) is 2. The van der Waals surface area contributed by atoms with E-state index >= 15 is 0 Å². The smallest absolute Gasteiger partial charge is 0.252 e. The Morgan fingerprint density at radius 2 is 2.32 bits per heavy atom. The summed E-state index contributed by atoms with van der Waals surface area (Å²) in [6, 6.07) is 5.22. The molecular formula is C12H14N4OS2. The number of hydrogen-bond acceptors (Lipinski definition) is 6. The third-order valence-corrected chi connectivity index (χ3v) is 4.29. The minimum atomic E-state index is -0.136. The van der Waals surface area contributed by atoms with Gasteiger partial charge in [0.2, 0.25) is 0 Å². The molecule has 0 aliphatic rings. The molecule has 1 aromatic carbocycles. The van der Waals surface area contributed by atoms with E-state index in [0.717, 1.165) is 21.5 Å². The number of amides is 1. The third kappa shape index (κ3) is 3.24. The summed E-state index contributed by atoms with van der Waals surface area (Å²) in [5.74, 6) is 0.681. The van der Waals surface area contributed by atoms with Crippen molar-refractivity contribution < 1.29 is 4.79 Å². The SMILES string of the molecule is CCc1nsc(Sc2cc(N)ccc2C(=O)NC)n1. The van der Waals surface area contributed by atoms with E-state index in [1.54, 1.807) is 25.2 Å². The van der Waals surface area contributed by atoms with Crippen molar-refractivity contribution in [3.8, 4) is 0 Å². The van der Waals surface area contributed by atoms with E-state index in [-0.39, 0.29) is 5.91 Å². The topological polar surface area (TPSA) is 80.9 Å². The summed E-state index contributed by atoms with van der Waals surface area (Å²) in [4.78, 5) is 17.0. The van der Waals surface area contributed by atoms with E-state index in [0.29, 0.717) is 11.3 Å². The van der Waals surface area contributed by atoms with E-state index in [1.165, 1.54) is 23.3 Å². The molecule has 7 heteroatoms. The van der Waals surface area contributed by atoms with Crippen molar-refractivity contribution in [2.45, 2.75) is 22.6 Å². The normalized spacial score (nSPS) is 10.4. The molecule has 0 aliphatic carbocycles. The van der Waals surface area contributed by atoms with Gasteiger partial charge in [-0.05, 0) is 29.7 Å². The lowest BCUT2D eigenvalue weighted by atomic mass is 10.2. The number of nitrogen functional groups attached to an aromatic ring is 1. The van der Waals surface area contributed by atoms with Gasteiger partial charge in [-0.2, -0.15) is 4.37 Å². The molecule has 0 atom stereocenters. The van der Waals surface area contributed by atoms with Gasteiger partial charge in [0.1, 0.15) is 5.82 Å². The molecule has 1 heterocycles. The van der Waals surface area contributed by atoms with Crippen LogP contribution in [-0.2, 0) is 6.42 Å². The Morgan fingerprint density at radius 3 is 2.95 bits per heavy atom. The van der Waals surface area contributed by atoms with Gasteiger partial charge in [0.15, 0.2) is 4.34 Å². The Kier molecular flexibility index (Phi) is 4.39. The van der Waals surface area contributed by atoms with Crippen LogP contribution in [0.1, 0.15) is 23.1 Å². The van der Waals surface area contributed by atoms with E-state index in [2.05, 4.69) is 14.7 Å². The lowest BCUT2D eigenvalue weighted by Crippen LogP contribution is -2.18. The van der Waals surface area contributed by atoms with Crippen LogP contribution in [0.5, 0.6) is 0 Å². The van der Waals surface area contributed by atoms with Crippen LogP contribution in [-0.4, -0.2) is 22.3 Å². The molecule has 0 spiro atoms. The molecule has 19 heavy (non-hydrogen) atoms. The molecule has 1 aromatic heterocycles. The molecule has 0 unspecified atom stereocenters. The van der Waals surface area contributed by atoms with Crippen LogP contribution in [0.2, 0.25) is 0 Å². The minimum Gasteiger partial charge on any atom is -0.399 e. The first-order valence-corrected chi connectivity index (χ1v) is 7.35. The van der Waals surface area contributed by atoms with E-state index < -0.39 is 0 Å². The number of nitrogens with two attached hydrogens (primary N) is 1. The van der Waals surface area contributed by atoms with Crippen molar-refractivity contribution in [2.75, 3.05) is 12.8 Å². The summed E-state index contributed by atoms with van der Waals surface area (Å²) < 4.78 is 5.04. The maximum atomic E-state index is 11.8. The summed E-state index contributed by atoms with van der Waals surface area (Å²) in [5.41, 5.74) is 6.99. The quantitative estimate of drug-likeness (QED) is 0.845. The van der Waals surface area contributed by atoms with Crippen molar-refractivity contribution in [1.29, 1.82) is 0 Å². The van der Waals surface area contributed by atoms with Crippen LogP contribution in [0.15, 0.2) is 27.4 Å². The van der Waals surface area contributed by atoms with Crippen LogP contribution in [0.3, 0.4) is 0 Å². The number of hydrogen-bond donors (Lipinski definition) is 2. The highest BCUT2D eigenvalue weighted by molar-refractivity contribution is 8.01. The van der Waals surface area contributed by atoms with Gasteiger partial charge >= 0.3 is 0 Å². The average Bonchev–Trinajstić information content (AvgIpc) is 2.86. The van der Waals surface area contributed by atoms with E-state index in [1.807, 2.05) is 6.92 Å². The van der Waals surface area contributed by atoms with Crippen molar-refractivity contribution >= 4 is 34.9 Å². The standard InChI is InChI=1S/C12H14N4OS2/c1-3-10-15-12(19-16-10)18-9-6-7(13)4-5-8(9)11(17)14-2/h4-6H,3,13H2,1-2H3,(H,14,17). The molecule has 0 aliphatic heterocycles. The zero-order valence-corrected chi connectivity index (χ0v) is 12.3. The van der Waals surface area contributed by atoms with Gasteiger partial charge in [0, 0.05) is 24.1 Å². The van der Waals surface area contributed by atoms with Crippen LogP contribution < -0.4 is 11.1 Å². The van der Waals surface area contributed by atoms with E-state index in [9.17, 15) is 4.79 Å². The molecule has 1 amide bonds. The monoisotopic (exact) mass is 294 g/mol. The molecule has 0 radical (unpaired) electrons. The van der Waals surface area contributed by atoms with Gasteiger partial charge in [0.25, 0.3) is 5.91 Å². The highest BCUT2D eigenvalue weighted by atomic mass is 32.2. The second-order valence-electron chi connectivity index (χ2n) is 3.77. The number of carbonyl (C=O) groups is 1. The second-order valence-corrected chi connectivity index (χ2v) is 5.81. The molecule has 2 aromatic rings. The zero-order valence-electron chi connectivity index (χ0n) is 10.6. The predicted octanol–water partition coefficient (Wildman–Crippen LogP) is 2.19. The molecule has 0 saturated heterocycles. The average molecular weight is 294 g/mol. The van der Waals surface area contributed by atoms with Crippen LogP contribution in [0.25, 0.3) is 0 Å². The Hall–Kier alpha value is -1.60. The lowest BCUT2D eigenvalue weighted by Gasteiger charge is -2.07. The first-order valence-electron chi connectivity index (χ1n) is 5.76. The highest BCUT2D eigenvalue weighted by Crippen LogP contribution is 2.33. The van der Waals surface area contributed by atoms with Gasteiger partial charge in [0.05, 0.1) is 5.56 Å². The first-order chi connectivity index (χ1) is 9.13. The second kappa shape index (κ2) is 6.03. The fourth-order valence-electron chi connectivity index (χ4n) is 1.46. The molecular weight excluding hydrogens is 280 g/mol. The summed E-state index contributed by atoms with van der Waals surface area (Å²) in [6.07, 6.45) is 0.802. The Balaban J connectivity index is 2.32. The van der Waals surface area contributed by atoms with E-state index in [4.69, 9.17) is 5.73 Å². The number of benzene rings is 1. The first kappa shape index (κ1) is 13.8. The highest BCUT2D eigenvalue weighted by Gasteiger charge is 2.13. The van der Waals surface area contributed by atoms with Gasteiger partial charge in [-0.15, -0.1) is 0 Å². The van der Waals surface area contributed by atoms with Crippen molar-refractivity contribution in [3.05, 3.63) is 29.6 Å². The Bertz CT molecular complexity index is 597. The van der Waals surface area contributed by atoms with Gasteiger partial charge in [-0.1, -0.05) is 18.7 Å². The summed E-state index contributed by atoms with van der Waals surface area (Å²) >= 11 is 2.74. The summed E-state index contributed by atoms with van der Waals surface area (Å²) in [6.45, 7) is 2.01. The summed E-state index contributed by atoms with van der Waals surface area (Å²) in [7, 11) is 1.60. The Morgan fingerprint density at radius 1 is 1.53 bits per heavy atom. The fourth-order valence-corrected chi connectivity index (χ4v) is 3.30. The van der Waals surface area contributed by atoms with Gasteiger partial charge in [-0.3, -0.25) is 4.79 Å². The van der Waals surface area contributed by atoms with Crippen molar-refractivity contribution in [2.24, 2.45) is 0 Å². The third-order valence-electron chi connectivity index (χ3n) is 2.44. The molecule has 2 rings (SSSR count).